The summed E-state index contributed by atoms with van der Waals surface area (Å²) in [6.07, 6.45) is 1.49. The van der Waals surface area contributed by atoms with Gasteiger partial charge in [0.25, 0.3) is 5.91 Å². The number of benzene rings is 2. The number of nitrogens with one attached hydrogen (secondary N) is 1. The van der Waals surface area contributed by atoms with Crippen LogP contribution in [-0.4, -0.2) is 28.2 Å². The van der Waals surface area contributed by atoms with Crippen molar-refractivity contribution in [3.63, 3.8) is 0 Å². The molecule has 0 aliphatic heterocycles. The van der Waals surface area contributed by atoms with Crippen molar-refractivity contribution in [3.8, 4) is 11.5 Å². The Balaban J connectivity index is 2.03. The summed E-state index contributed by atoms with van der Waals surface area (Å²) in [6.45, 7) is 0. The zero-order chi connectivity index (χ0) is 19.4. The number of methoxy groups -OCH3 is 1. The summed E-state index contributed by atoms with van der Waals surface area (Å²) in [5.41, 5.74) is -1.22. The Labute approximate surface area is 161 Å². The van der Waals surface area contributed by atoms with Crippen LogP contribution in [0.1, 0.15) is 11.3 Å². The third kappa shape index (κ3) is 3.72. The number of aliphatic hydroxyl groups is 1. The molecule has 0 radical (unpaired) electrons. The lowest BCUT2D eigenvalue weighted by Gasteiger charge is -2.27. The van der Waals surface area contributed by atoms with Crippen LogP contribution in [0.3, 0.4) is 0 Å². The number of hydrogen-bond acceptors (Lipinski definition) is 5. The number of halogens is 1. The van der Waals surface area contributed by atoms with Crippen LogP contribution in [0.25, 0.3) is 0 Å². The standard InChI is InChI=1S/C20H17ClN2O4/c1-27-17-12-15(9-10-16(17)24)23-19(25)20(26,18-4-2-3-11-22-18)13-5-7-14(21)8-6-13/h2-12,24,26H,1H3,(H,23,25). The molecule has 27 heavy (non-hydrogen) atoms. The molecule has 6 nitrogen and oxygen atoms in total. The molecule has 3 rings (SSSR count). The van der Waals surface area contributed by atoms with Crippen molar-refractivity contribution in [2.24, 2.45) is 0 Å². The second-order valence-electron chi connectivity index (χ2n) is 5.77. The predicted molar refractivity (Wildman–Crippen MR) is 102 cm³/mol. The van der Waals surface area contributed by atoms with Crippen molar-refractivity contribution in [1.29, 1.82) is 0 Å². The summed E-state index contributed by atoms with van der Waals surface area (Å²) in [6, 6.07) is 15.6. The molecule has 1 atom stereocenters. The number of anilines is 1. The molecule has 3 aromatic rings. The Kier molecular flexibility index (Phi) is 5.30. The maximum atomic E-state index is 13.1. The number of phenols is 1. The van der Waals surface area contributed by atoms with E-state index in [9.17, 15) is 15.0 Å². The molecule has 0 saturated heterocycles. The van der Waals surface area contributed by atoms with E-state index < -0.39 is 11.5 Å². The van der Waals surface area contributed by atoms with Crippen LogP contribution < -0.4 is 10.1 Å². The molecule has 0 saturated carbocycles. The van der Waals surface area contributed by atoms with E-state index in [1.807, 2.05) is 0 Å². The second kappa shape index (κ2) is 7.65. The predicted octanol–water partition coefficient (Wildman–Crippen LogP) is 3.32. The Morgan fingerprint density at radius 1 is 1.15 bits per heavy atom. The van der Waals surface area contributed by atoms with Crippen molar-refractivity contribution >= 4 is 23.2 Å². The van der Waals surface area contributed by atoms with Gasteiger partial charge in [-0.3, -0.25) is 9.78 Å². The number of rotatable bonds is 5. The number of carbonyl (C=O) groups is 1. The van der Waals surface area contributed by atoms with Gasteiger partial charge in [-0.2, -0.15) is 0 Å². The minimum atomic E-state index is -2.04. The number of carbonyl (C=O) groups excluding carboxylic acids is 1. The SMILES string of the molecule is COc1cc(NC(=O)C(O)(c2ccc(Cl)cc2)c2ccccn2)ccc1O. The van der Waals surface area contributed by atoms with Crippen LogP contribution in [-0.2, 0) is 10.4 Å². The monoisotopic (exact) mass is 384 g/mol. The molecule has 3 N–H and O–H groups in total. The van der Waals surface area contributed by atoms with Crippen LogP contribution in [0.2, 0.25) is 5.02 Å². The van der Waals surface area contributed by atoms with Crippen molar-refractivity contribution in [3.05, 3.63) is 83.1 Å². The molecule has 0 aliphatic rings. The van der Waals surface area contributed by atoms with E-state index >= 15 is 0 Å². The molecule has 7 heteroatoms. The summed E-state index contributed by atoms with van der Waals surface area (Å²) in [5.74, 6) is -0.579. The van der Waals surface area contributed by atoms with Crippen LogP contribution in [0.15, 0.2) is 66.9 Å². The molecule has 0 spiro atoms. The smallest absolute Gasteiger partial charge is 0.267 e. The van der Waals surface area contributed by atoms with E-state index in [4.69, 9.17) is 16.3 Å². The average molecular weight is 385 g/mol. The van der Waals surface area contributed by atoms with Gasteiger partial charge in [0.05, 0.1) is 12.8 Å². The van der Waals surface area contributed by atoms with Gasteiger partial charge in [0.1, 0.15) is 0 Å². The summed E-state index contributed by atoms with van der Waals surface area (Å²) in [7, 11) is 1.40. The fraction of sp³-hybridized carbons (Fsp3) is 0.100. The van der Waals surface area contributed by atoms with Crippen LogP contribution >= 0.6 is 11.6 Å². The third-order valence-corrected chi connectivity index (χ3v) is 4.32. The molecular formula is C20H17ClN2O4. The minimum absolute atomic E-state index is 0.0619. The van der Waals surface area contributed by atoms with Gasteiger partial charge < -0.3 is 20.3 Å². The van der Waals surface area contributed by atoms with Crippen LogP contribution in [0.4, 0.5) is 5.69 Å². The first kappa shape index (κ1) is 18.7. The highest BCUT2D eigenvalue weighted by atomic mass is 35.5. The maximum absolute atomic E-state index is 13.1. The average Bonchev–Trinajstić information content (AvgIpc) is 2.70. The molecule has 1 aromatic heterocycles. The zero-order valence-corrected chi connectivity index (χ0v) is 15.1. The number of pyridine rings is 1. The highest BCUT2D eigenvalue weighted by molar-refractivity contribution is 6.30. The van der Waals surface area contributed by atoms with Gasteiger partial charge in [-0.05, 0) is 42.0 Å². The third-order valence-electron chi connectivity index (χ3n) is 4.06. The molecule has 138 valence electrons. The highest BCUT2D eigenvalue weighted by Gasteiger charge is 2.41. The Morgan fingerprint density at radius 3 is 2.52 bits per heavy atom. The number of nitrogens with zero attached hydrogens (tertiary/aromatic N) is 1. The van der Waals surface area contributed by atoms with Gasteiger partial charge in [-0.25, -0.2) is 0 Å². The Morgan fingerprint density at radius 2 is 1.89 bits per heavy atom. The van der Waals surface area contributed by atoms with E-state index in [-0.39, 0.29) is 17.2 Å². The van der Waals surface area contributed by atoms with E-state index in [1.54, 1.807) is 42.5 Å². The molecule has 1 unspecified atom stereocenters. The topological polar surface area (TPSA) is 91.7 Å². The first-order chi connectivity index (χ1) is 12.9. The van der Waals surface area contributed by atoms with Gasteiger partial charge in [0.2, 0.25) is 5.60 Å². The summed E-state index contributed by atoms with van der Waals surface area (Å²) < 4.78 is 5.04. The lowest BCUT2D eigenvalue weighted by atomic mass is 9.88. The van der Waals surface area contributed by atoms with Gasteiger partial charge >= 0.3 is 0 Å². The van der Waals surface area contributed by atoms with Crippen molar-refractivity contribution in [2.45, 2.75) is 5.60 Å². The first-order valence-corrected chi connectivity index (χ1v) is 8.41. The first-order valence-electron chi connectivity index (χ1n) is 8.03. The number of ether oxygens (including phenoxy) is 1. The normalized spacial score (nSPS) is 12.9. The Bertz CT molecular complexity index is 948. The molecule has 0 bridgehead atoms. The molecule has 2 aromatic carbocycles. The number of amides is 1. The quantitative estimate of drug-likeness (QED) is 0.587. The van der Waals surface area contributed by atoms with E-state index in [0.29, 0.717) is 16.3 Å². The molecular weight excluding hydrogens is 368 g/mol. The Hall–Kier alpha value is -3.09. The number of phenolic OH excluding ortho intramolecular Hbond substituents is 1. The van der Waals surface area contributed by atoms with Crippen LogP contribution in [0, 0.1) is 0 Å². The second-order valence-corrected chi connectivity index (χ2v) is 6.21. The van der Waals surface area contributed by atoms with Crippen molar-refractivity contribution in [1.82, 2.24) is 4.98 Å². The summed E-state index contributed by atoms with van der Waals surface area (Å²) >= 11 is 5.93. The van der Waals surface area contributed by atoms with E-state index in [0.717, 1.165) is 0 Å². The largest absolute Gasteiger partial charge is 0.504 e. The number of aromatic hydroxyl groups is 1. The molecule has 0 fully saturated rings. The van der Waals surface area contributed by atoms with Crippen LogP contribution in [0.5, 0.6) is 11.5 Å². The maximum Gasteiger partial charge on any atom is 0.267 e. The molecule has 0 aliphatic carbocycles. The summed E-state index contributed by atoms with van der Waals surface area (Å²) in [4.78, 5) is 17.2. The van der Waals surface area contributed by atoms with Crippen molar-refractivity contribution in [2.75, 3.05) is 12.4 Å². The summed E-state index contributed by atoms with van der Waals surface area (Å²) in [5, 5.41) is 24.2. The van der Waals surface area contributed by atoms with E-state index in [2.05, 4.69) is 10.3 Å². The number of hydrogen-bond donors (Lipinski definition) is 3. The van der Waals surface area contributed by atoms with Gasteiger partial charge in [-0.15, -0.1) is 0 Å². The highest BCUT2D eigenvalue weighted by Crippen LogP contribution is 2.33. The van der Waals surface area contributed by atoms with E-state index in [1.165, 1.54) is 31.5 Å². The molecule has 1 heterocycles. The van der Waals surface area contributed by atoms with Gasteiger partial charge in [0, 0.05) is 23.0 Å². The lowest BCUT2D eigenvalue weighted by Crippen LogP contribution is -2.42. The minimum Gasteiger partial charge on any atom is -0.504 e. The zero-order valence-electron chi connectivity index (χ0n) is 14.4. The van der Waals surface area contributed by atoms with Gasteiger partial charge in [-0.1, -0.05) is 29.8 Å². The van der Waals surface area contributed by atoms with Crippen molar-refractivity contribution < 1.29 is 19.7 Å². The lowest BCUT2D eigenvalue weighted by molar-refractivity contribution is -0.131. The van der Waals surface area contributed by atoms with Gasteiger partial charge in [0.15, 0.2) is 11.5 Å². The fourth-order valence-electron chi connectivity index (χ4n) is 2.64. The fourth-order valence-corrected chi connectivity index (χ4v) is 2.77. The number of aromatic nitrogens is 1. The molecule has 1 amide bonds.